The van der Waals surface area contributed by atoms with Crippen LogP contribution in [0.3, 0.4) is 0 Å². The van der Waals surface area contributed by atoms with Gasteiger partial charge in [0.15, 0.2) is 0 Å². The fourth-order valence-corrected chi connectivity index (χ4v) is 4.65. The van der Waals surface area contributed by atoms with Gasteiger partial charge in [0.2, 0.25) is 10.0 Å². The third kappa shape index (κ3) is 4.34. The molecule has 4 aromatic rings. The first-order chi connectivity index (χ1) is 14.4. The summed E-state index contributed by atoms with van der Waals surface area (Å²) in [5.74, 6) is 0. The number of pyridine rings is 1. The standard InChI is InChI=1S/C21H23N5O3S/c1-14(11-23-13-20(27)21-18-4-2-3-5-19(18)24-25-21)26-30(28,29)17-7-6-16-12-22-9-8-15(16)10-17/h2-10,12,14,20,23,26-27H,11,13H2,1H3,(H,24,25)/t14-,20?/m1/s1. The lowest BCUT2D eigenvalue weighted by Crippen LogP contribution is -2.40. The molecule has 0 saturated heterocycles. The Kier molecular flexibility index (Phi) is 5.78. The number of nitrogens with one attached hydrogen (secondary N) is 3. The molecule has 2 aromatic carbocycles. The summed E-state index contributed by atoms with van der Waals surface area (Å²) >= 11 is 0. The SMILES string of the molecule is C[C@H](CNCC(O)c1n[nH]c2ccccc12)NS(=O)(=O)c1ccc2cnccc2c1. The van der Waals surface area contributed by atoms with Gasteiger partial charge in [-0.25, -0.2) is 13.1 Å². The Morgan fingerprint density at radius 2 is 1.93 bits per heavy atom. The van der Waals surface area contributed by atoms with Crippen LogP contribution in [0.4, 0.5) is 0 Å². The quantitative estimate of drug-likeness (QED) is 0.343. The molecule has 30 heavy (non-hydrogen) atoms. The van der Waals surface area contributed by atoms with Gasteiger partial charge in [-0.15, -0.1) is 0 Å². The number of fused-ring (bicyclic) bond motifs is 2. The third-order valence-corrected chi connectivity index (χ3v) is 6.47. The van der Waals surface area contributed by atoms with Crippen molar-refractivity contribution in [1.29, 1.82) is 0 Å². The number of nitrogens with zero attached hydrogens (tertiary/aromatic N) is 2. The zero-order chi connectivity index (χ0) is 21.1. The van der Waals surface area contributed by atoms with E-state index in [0.717, 1.165) is 21.7 Å². The first-order valence-corrected chi connectivity index (χ1v) is 11.1. The maximum Gasteiger partial charge on any atom is 0.240 e. The molecule has 4 N–H and O–H groups in total. The van der Waals surface area contributed by atoms with E-state index in [0.29, 0.717) is 12.2 Å². The van der Waals surface area contributed by atoms with Gasteiger partial charge >= 0.3 is 0 Å². The summed E-state index contributed by atoms with van der Waals surface area (Å²) < 4.78 is 28.1. The van der Waals surface area contributed by atoms with Crippen LogP contribution in [0, 0.1) is 0 Å². The average molecular weight is 426 g/mol. The van der Waals surface area contributed by atoms with E-state index in [-0.39, 0.29) is 17.5 Å². The number of aromatic nitrogens is 3. The molecule has 0 aliphatic rings. The maximum absolute atomic E-state index is 12.7. The van der Waals surface area contributed by atoms with Crippen LogP contribution in [0.5, 0.6) is 0 Å². The zero-order valence-corrected chi connectivity index (χ0v) is 17.2. The van der Waals surface area contributed by atoms with Crippen molar-refractivity contribution in [2.24, 2.45) is 0 Å². The molecule has 2 heterocycles. The summed E-state index contributed by atoms with van der Waals surface area (Å²) in [6.07, 6.45) is 2.52. The highest BCUT2D eigenvalue weighted by Crippen LogP contribution is 2.21. The summed E-state index contributed by atoms with van der Waals surface area (Å²) in [7, 11) is -3.66. The largest absolute Gasteiger partial charge is 0.385 e. The van der Waals surface area contributed by atoms with E-state index in [1.165, 1.54) is 0 Å². The Morgan fingerprint density at radius 3 is 2.80 bits per heavy atom. The first kappa shape index (κ1) is 20.4. The zero-order valence-electron chi connectivity index (χ0n) is 16.4. The molecule has 0 fully saturated rings. The van der Waals surface area contributed by atoms with Crippen molar-refractivity contribution in [3.05, 3.63) is 66.6 Å². The van der Waals surface area contributed by atoms with Crippen molar-refractivity contribution < 1.29 is 13.5 Å². The van der Waals surface area contributed by atoms with Crippen LogP contribution in [0.15, 0.2) is 65.8 Å². The molecule has 0 aliphatic heterocycles. The van der Waals surface area contributed by atoms with Gasteiger partial charge in [0.1, 0.15) is 6.10 Å². The van der Waals surface area contributed by atoms with E-state index in [4.69, 9.17) is 0 Å². The Hall–Kier alpha value is -2.85. The molecule has 9 heteroatoms. The topological polar surface area (TPSA) is 120 Å². The number of para-hydroxylation sites is 1. The molecule has 0 bridgehead atoms. The number of rotatable bonds is 8. The number of benzene rings is 2. The van der Waals surface area contributed by atoms with Gasteiger partial charge < -0.3 is 10.4 Å². The summed E-state index contributed by atoms with van der Waals surface area (Å²) in [5, 5.41) is 23.2. The van der Waals surface area contributed by atoms with E-state index in [1.807, 2.05) is 24.3 Å². The van der Waals surface area contributed by atoms with Crippen molar-refractivity contribution in [2.75, 3.05) is 13.1 Å². The maximum atomic E-state index is 12.7. The highest BCUT2D eigenvalue weighted by atomic mass is 32.2. The van der Waals surface area contributed by atoms with E-state index in [2.05, 4.69) is 25.2 Å². The van der Waals surface area contributed by atoms with Crippen LogP contribution in [-0.4, -0.2) is 47.8 Å². The van der Waals surface area contributed by atoms with Gasteiger partial charge in [0, 0.05) is 42.3 Å². The molecular formula is C21H23N5O3S. The number of sulfonamides is 1. The molecule has 156 valence electrons. The minimum Gasteiger partial charge on any atom is -0.385 e. The average Bonchev–Trinajstić information content (AvgIpc) is 3.17. The second kappa shape index (κ2) is 8.49. The molecule has 8 nitrogen and oxygen atoms in total. The predicted octanol–water partition coefficient (Wildman–Crippen LogP) is 2.10. The van der Waals surface area contributed by atoms with E-state index in [1.54, 1.807) is 43.6 Å². The molecule has 2 atom stereocenters. The molecule has 0 spiro atoms. The van der Waals surface area contributed by atoms with Crippen LogP contribution < -0.4 is 10.0 Å². The summed E-state index contributed by atoms with van der Waals surface area (Å²) in [6.45, 7) is 2.38. The molecule has 1 unspecified atom stereocenters. The van der Waals surface area contributed by atoms with Crippen molar-refractivity contribution in [1.82, 2.24) is 25.2 Å². The molecule has 4 rings (SSSR count). The van der Waals surface area contributed by atoms with Crippen molar-refractivity contribution in [2.45, 2.75) is 24.0 Å². The summed E-state index contributed by atoms with van der Waals surface area (Å²) in [4.78, 5) is 4.24. The number of aromatic amines is 1. The Labute approximate surface area is 174 Å². The van der Waals surface area contributed by atoms with Crippen LogP contribution in [0.25, 0.3) is 21.7 Å². The van der Waals surface area contributed by atoms with Gasteiger partial charge in [-0.05, 0) is 36.6 Å². The number of hydrogen-bond acceptors (Lipinski definition) is 6. The van der Waals surface area contributed by atoms with E-state index >= 15 is 0 Å². The van der Waals surface area contributed by atoms with Crippen LogP contribution in [0.2, 0.25) is 0 Å². The third-order valence-electron chi connectivity index (χ3n) is 4.88. The highest BCUT2D eigenvalue weighted by molar-refractivity contribution is 7.89. The Morgan fingerprint density at radius 1 is 1.10 bits per heavy atom. The monoisotopic (exact) mass is 425 g/mol. The fraction of sp³-hybridized carbons (Fsp3) is 0.238. The van der Waals surface area contributed by atoms with Crippen molar-refractivity contribution in [3.8, 4) is 0 Å². The van der Waals surface area contributed by atoms with Gasteiger partial charge in [0.05, 0.1) is 16.1 Å². The summed E-state index contributed by atoms with van der Waals surface area (Å²) in [5.41, 5.74) is 1.43. The number of aliphatic hydroxyl groups excluding tert-OH is 1. The van der Waals surface area contributed by atoms with E-state index < -0.39 is 16.1 Å². The van der Waals surface area contributed by atoms with E-state index in [9.17, 15) is 13.5 Å². The normalized spacial score (nSPS) is 14.2. The van der Waals surface area contributed by atoms with Crippen LogP contribution in [-0.2, 0) is 10.0 Å². The lowest BCUT2D eigenvalue weighted by Gasteiger charge is -2.17. The van der Waals surface area contributed by atoms with Gasteiger partial charge in [-0.2, -0.15) is 5.10 Å². The molecule has 0 radical (unpaired) electrons. The molecular weight excluding hydrogens is 402 g/mol. The first-order valence-electron chi connectivity index (χ1n) is 9.62. The predicted molar refractivity (Wildman–Crippen MR) is 115 cm³/mol. The van der Waals surface area contributed by atoms with Gasteiger partial charge in [-0.1, -0.05) is 24.3 Å². The van der Waals surface area contributed by atoms with Crippen molar-refractivity contribution >= 4 is 31.7 Å². The number of hydrogen-bond donors (Lipinski definition) is 4. The Balaban J connectivity index is 1.35. The lowest BCUT2D eigenvalue weighted by atomic mass is 10.1. The van der Waals surface area contributed by atoms with Gasteiger partial charge in [-0.3, -0.25) is 10.1 Å². The molecule has 0 aliphatic carbocycles. The van der Waals surface area contributed by atoms with Gasteiger partial charge in [0.25, 0.3) is 0 Å². The van der Waals surface area contributed by atoms with Crippen LogP contribution in [0.1, 0.15) is 18.7 Å². The number of aliphatic hydroxyl groups is 1. The minimum absolute atomic E-state index is 0.205. The Bertz CT molecular complexity index is 1270. The second-order valence-electron chi connectivity index (χ2n) is 7.24. The number of H-pyrrole nitrogens is 1. The lowest BCUT2D eigenvalue weighted by molar-refractivity contribution is 0.171. The smallest absolute Gasteiger partial charge is 0.240 e. The minimum atomic E-state index is -3.66. The molecule has 0 amide bonds. The van der Waals surface area contributed by atoms with Crippen LogP contribution >= 0.6 is 0 Å². The second-order valence-corrected chi connectivity index (χ2v) is 8.95. The highest BCUT2D eigenvalue weighted by Gasteiger charge is 2.19. The van der Waals surface area contributed by atoms with Crippen molar-refractivity contribution in [3.63, 3.8) is 0 Å². The fourth-order valence-electron chi connectivity index (χ4n) is 3.38. The molecule has 0 saturated carbocycles. The summed E-state index contributed by atoms with van der Waals surface area (Å²) in [6, 6.07) is 13.9. The molecule has 2 aromatic heterocycles.